The van der Waals surface area contributed by atoms with Crippen LogP contribution in [-0.4, -0.2) is 72.4 Å². The second-order valence-electron chi connectivity index (χ2n) is 7.18. The van der Waals surface area contributed by atoms with Gasteiger partial charge in [0.15, 0.2) is 6.20 Å². The third-order valence-electron chi connectivity index (χ3n) is 4.75. The van der Waals surface area contributed by atoms with Gasteiger partial charge in [-0.1, -0.05) is 6.07 Å². The first kappa shape index (κ1) is 24.2. The number of urea groups is 1. The summed E-state index contributed by atoms with van der Waals surface area (Å²) in [5.41, 5.74) is 6.52. The van der Waals surface area contributed by atoms with Crippen molar-refractivity contribution >= 4 is 17.8 Å². The number of quaternary nitrogens is 1. The number of hydroxylamine groups is 5. The molecule has 0 saturated carbocycles. The molecule has 1 unspecified atom stereocenters. The van der Waals surface area contributed by atoms with E-state index in [2.05, 4.69) is 15.6 Å². The Morgan fingerprint density at radius 1 is 1.35 bits per heavy atom. The lowest BCUT2D eigenvalue weighted by molar-refractivity contribution is -1.04. The van der Waals surface area contributed by atoms with Crippen molar-refractivity contribution in [1.29, 1.82) is 0 Å². The SMILES string of the molecule is CON(C(N)=O)C(=O)[C@H](Cc1cccnc1)N[C@@H](C)C(=O)NC1=C[N+](C)(OC)CC=C1. The molecule has 1 aromatic heterocycles. The van der Waals surface area contributed by atoms with Gasteiger partial charge in [-0.05, 0) is 37.1 Å². The number of hydrogen-bond donors (Lipinski definition) is 3. The number of allylic oxidation sites excluding steroid dienone is 1. The summed E-state index contributed by atoms with van der Waals surface area (Å²) in [5.74, 6) is -1.09. The zero-order chi connectivity index (χ0) is 23.0. The van der Waals surface area contributed by atoms with Crippen molar-refractivity contribution < 1.29 is 28.7 Å². The van der Waals surface area contributed by atoms with Crippen molar-refractivity contribution in [2.75, 3.05) is 27.8 Å². The van der Waals surface area contributed by atoms with Gasteiger partial charge in [-0.3, -0.25) is 24.7 Å². The molecule has 31 heavy (non-hydrogen) atoms. The Kier molecular flexibility index (Phi) is 8.39. The van der Waals surface area contributed by atoms with Crippen molar-refractivity contribution in [3.8, 4) is 0 Å². The van der Waals surface area contributed by atoms with E-state index in [9.17, 15) is 14.4 Å². The molecule has 1 aliphatic rings. The number of primary amides is 1. The first-order chi connectivity index (χ1) is 14.7. The van der Waals surface area contributed by atoms with Crippen LogP contribution in [0.25, 0.3) is 0 Å². The van der Waals surface area contributed by atoms with Gasteiger partial charge in [0.25, 0.3) is 5.91 Å². The molecule has 168 valence electrons. The van der Waals surface area contributed by atoms with E-state index in [0.717, 1.165) is 12.7 Å². The van der Waals surface area contributed by atoms with Crippen LogP contribution in [0, 0.1) is 0 Å². The Morgan fingerprint density at radius 3 is 2.68 bits per heavy atom. The number of nitrogens with zero attached hydrogens (tertiary/aromatic N) is 3. The number of amides is 4. The summed E-state index contributed by atoms with van der Waals surface area (Å²) in [6.07, 6.45) is 8.79. The molecule has 2 heterocycles. The highest BCUT2D eigenvalue weighted by Gasteiger charge is 2.31. The fourth-order valence-corrected chi connectivity index (χ4v) is 3.01. The standard InChI is InChI=1S/C20H28N6O5/c1-14(18(27)24-16-8-6-10-26(2,13-16)31-4)23-17(11-15-7-5-9-22-12-15)19(28)25(30-3)20(21)29/h5-9,12-14,17,23H,10-11H2,1-4H3,(H2-,21,24,27,29)/p+1/t14-,17-,26?/m0/s1. The van der Waals surface area contributed by atoms with Crippen LogP contribution in [0.2, 0.25) is 0 Å². The number of carbonyl (C=O) groups is 3. The number of nitrogens with one attached hydrogen (secondary N) is 2. The van der Waals surface area contributed by atoms with E-state index >= 15 is 0 Å². The summed E-state index contributed by atoms with van der Waals surface area (Å²) < 4.78 is 0.178. The van der Waals surface area contributed by atoms with E-state index in [1.165, 1.54) is 0 Å². The number of nitrogens with two attached hydrogens (primary N) is 1. The van der Waals surface area contributed by atoms with Crippen LogP contribution in [-0.2, 0) is 25.7 Å². The topological polar surface area (TPSA) is 136 Å². The largest absolute Gasteiger partial charge is 0.349 e. The molecule has 0 bridgehead atoms. The monoisotopic (exact) mass is 433 g/mol. The fraction of sp³-hybridized carbons (Fsp3) is 0.400. The first-order valence-corrected chi connectivity index (χ1v) is 9.62. The lowest BCUT2D eigenvalue weighted by Gasteiger charge is -2.28. The minimum Gasteiger partial charge on any atom is -0.349 e. The van der Waals surface area contributed by atoms with E-state index < -0.39 is 24.0 Å². The smallest absolute Gasteiger partial charge is 0.346 e. The van der Waals surface area contributed by atoms with Gasteiger partial charge in [0.2, 0.25) is 5.91 Å². The van der Waals surface area contributed by atoms with E-state index in [4.69, 9.17) is 15.4 Å². The zero-order valence-electron chi connectivity index (χ0n) is 18.1. The lowest BCUT2D eigenvalue weighted by atomic mass is 10.1. The molecule has 11 heteroatoms. The highest BCUT2D eigenvalue weighted by molar-refractivity contribution is 5.95. The number of aromatic nitrogens is 1. The van der Waals surface area contributed by atoms with Gasteiger partial charge in [-0.15, -0.1) is 5.06 Å². The Morgan fingerprint density at radius 2 is 2.10 bits per heavy atom. The predicted octanol–water partition coefficient (Wildman–Crippen LogP) is -0.0251. The van der Waals surface area contributed by atoms with Crippen molar-refractivity contribution in [1.82, 2.24) is 20.7 Å². The average molecular weight is 433 g/mol. The molecule has 0 saturated heterocycles. The molecule has 0 aromatic carbocycles. The number of imide groups is 1. The number of pyridine rings is 1. The zero-order valence-corrected chi connectivity index (χ0v) is 18.1. The van der Waals surface area contributed by atoms with Crippen LogP contribution in [0.15, 0.2) is 48.6 Å². The van der Waals surface area contributed by atoms with Crippen molar-refractivity contribution in [3.63, 3.8) is 0 Å². The Hall–Kier alpha value is -3.12. The van der Waals surface area contributed by atoms with Gasteiger partial charge >= 0.3 is 6.03 Å². The summed E-state index contributed by atoms with van der Waals surface area (Å²) in [6.45, 7) is 2.24. The van der Waals surface area contributed by atoms with E-state index in [0.29, 0.717) is 17.3 Å². The van der Waals surface area contributed by atoms with Gasteiger partial charge in [-0.25, -0.2) is 9.63 Å². The van der Waals surface area contributed by atoms with Crippen LogP contribution in [0.3, 0.4) is 0 Å². The van der Waals surface area contributed by atoms with Crippen molar-refractivity contribution in [2.24, 2.45) is 5.73 Å². The minimum atomic E-state index is -1.06. The Labute approximate surface area is 181 Å². The maximum atomic E-state index is 12.8. The third-order valence-corrected chi connectivity index (χ3v) is 4.75. The van der Waals surface area contributed by atoms with Crippen LogP contribution in [0.1, 0.15) is 12.5 Å². The molecule has 0 aliphatic carbocycles. The van der Waals surface area contributed by atoms with Crippen LogP contribution in [0.4, 0.5) is 4.79 Å². The number of rotatable bonds is 9. The maximum absolute atomic E-state index is 12.8. The number of hydrogen-bond acceptors (Lipinski definition) is 7. The molecule has 1 aliphatic heterocycles. The molecule has 4 amide bonds. The summed E-state index contributed by atoms with van der Waals surface area (Å²) in [6, 6.07) is 0.699. The van der Waals surface area contributed by atoms with Gasteiger partial charge < -0.3 is 11.1 Å². The number of likely N-dealkylation sites (N-methyl/N-ethyl adjacent to an activating group) is 1. The normalized spacial score (nSPS) is 19.8. The van der Waals surface area contributed by atoms with Gasteiger partial charge in [0.1, 0.15) is 13.6 Å². The second-order valence-corrected chi connectivity index (χ2v) is 7.18. The summed E-state index contributed by atoms with van der Waals surface area (Å²) in [5, 5.41) is 6.20. The van der Waals surface area contributed by atoms with Crippen LogP contribution < -0.4 is 16.4 Å². The molecular weight excluding hydrogens is 404 g/mol. The highest BCUT2D eigenvalue weighted by Crippen LogP contribution is 2.13. The van der Waals surface area contributed by atoms with E-state index in [1.54, 1.807) is 50.8 Å². The predicted molar refractivity (Wildman–Crippen MR) is 111 cm³/mol. The summed E-state index contributed by atoms with van der Waals surface area (Å²) in [7, 11) is 4.59. The van der Waals surface area contributed by atoms with E-state index in [-0.39, 0.29) is 17.0 Å². The van der Waals surface area contributed by atoms with Gasteiger partial charge in [-0.2, -0.15) is 4.65 Å². The summed E-state index contributed by atoms with van der Waals surface area (Å²) in [4.78, 5) is 51.4. The molecule has 3 atom stereocenters. The Bertz CT molecular complexity index is 859. The van der Waals surface area contributed by atoms with Gasteiger partial charge in [0, 0.05) is 12.4 Å². The molecular formula is C20H29N6O5+. The van der Waals surface area contributed by atoms with Crippen LogP contribution >= 0.6 is 0 Å². The third kappa shape index (κ3) is 6.69. The van der Waals surface area contributed by atoms with Crippen molar-refractivity contribution in [2.45, 2.75) is 25.4 Å². The second kappa shape index (κ2) is 10.8. The molecule has 1 aromatic rings. The molecule has 0 radical (unpaired) electrons. The van der Waals surface area contributed by atoms with Crippen LogP contribution in [0.5, 0.6) is 0 Å². The quantitative estimate of drug-likeness (QED) is 0.368. The highest BCUT2D eigenvalue weighted by atomic mass is 16.7. The van der Waals surface area contributed by atoms with Crippen molar-refractivity contribution in [3.05, 3.63) is 54.1 Å². The molecule has 2 rings (SSSR count). The first-order valence-electron chi connectivity index (χ1n) is 9.62. The van der Waals surface area contributed by atoms with E-state index in [1.807, 2.05) is 13.1 Å². The molecule has 4 N–H and O–H groups in total. The summed E-state index contributed by atoms with van der Waals surface area (Å²) >= 11 is 0. The fourth-order valence-electron chi connectivity index (χ4n) is 3.01. The lowest BCUT2D eigenvalue weighted by Crippen LogP contribution is -2.55. The molecule has 0 fully saturated rings. The Balaban J connectivity index is 2.14. The number of carbonyl (C=O) groups excluding carboxylic acids is 3. The molecule has 0 spiro atoms. The maximum Gasteiger partial charge on any atom is 0.346 e. The average Bonchev–Trinajstić information content (AvgIpc) is 2.74. The molecule has 11 nitrogen and oxygen atoms in total. The minimum absolute atomic E-state index is 0.165. The van der Waals surface area contributed by atoms with Gasteiger partial charge in [0.05, 0.1) is 32.0 Å².